The van der Waals surface area contributed by atoms with Crippen LogP contribution in [0.2, 0.25) is 0 Å². The minimum atomic E-state index is -1.09. The Kier molecular flexibility index (Phi) is 10.2. The molecule has 10 heteroatoms. The Labute approximate surface area is 244 Å². The number of rotatable bonds is 11. The third kappa shape index (κ3) is 8.11. The maximum absolute atomic E-state index is 13.5. The molecular formula is C32H35N5O5. The third-order valence-corrected chi connectivity index (χ3v) is 7.19. The van der Waals surface area contributed by atoms with Gasteiger partial charge in [-0.15, -0.1) is 0 Å². The Morgan fingerprint density at radius 2 is 1.48 bits per heavy atom. The van der Waals surface area contributed by atoms with Crippen molar-refractivity contribution in [2.45, 2.75) is 50.2 Å². The molecule has 0 saturated carbocycles. The molecule has 42 heavy (non-hydrogen) atoms. The Hall–Kier alpha value is -4.83. The van der Waals surface area contributed by atoms with E-state index >= 15 is 0 Å². The van der Waals surface area contributed by atoms with E-state index in [1.54, 1.807) is 36.4 Å². The van der Waals surface area contributed by atoms with Crippen molar-refractivity contribution in [2.24, 2.45) is 16.5 Å². The van der Waals surface area contributed by atoms with Crippen LogP contribution in [0.5, 0.6) is 5.75 Å². The normalized spacial score (nSPS) is 16.5. The maximum atomic E-state index is 13.5. The number of hydrogen-bond acceptors (Lipinski definition) is 6. The van der Waals surface area contributed by atoms with Gasteiger partial charge in [0.05, 0.1) is 6.04 Å². The van der Waals surface area contributed by atoms with Gasteiger partial charge in [-0.05, 0) is 48.1 Å². The van der Waals surface area contributed by atoms with E-state index in [2.05, 4.69) is 10.3 Å². The molecular weight excluding hydrogens is 534 g/mol. The van der Waals surface area contributed by atoms with Gasteiger partial charge in [-0.25, -0.2) is 4.99 Å². The first kappa shape index (κ1) is 30.1. The number of carbonyl (C=O) groups excluding carboxylic acids is 4. The molecule has 0 aromatic heterocycles. The number of nitrogens with two attached hydrogens (primary N) is 2. The summed E-state index contributed by atoms with van der Waals surface area (Å²) >= 11 is 0. The second kappa shape index (κ2) is 14.2. The van der Waals surface area contributed by atoms with Gasteiger partial charge in [-0.1, -0.05) is 72.8 Å². The molecule has 0 bridgehead atoms. The summed E-state index contributed by atoms with van der Waals surface area (Å²) in [6.07, 6.45) is 1.46. The second-order valence-corrected chi connectivity index (χ2v) is 10.3. The molecule has 3 atom stereocenters. The number of nitrogens with zero attached hydrogens (tertiary/aromatic N) is 2. The van der Waals surface area contributed by atoms with Crippen LogP contribution in [0, 0.1) is 0 Å². The van der Waals surface area contributed by atoms with Gasteiger partial charge in [0, 0.05) is 19.4 Å². The molecule has 3 unspecified atom stereocenters. The van der Waals surface area contributed by atoms with Gasteiger partial charge in [0.25, 0.3) is 11.8 Å². The average Bonchev–Trinajstić information content (AvgIpc) is 3.48. The zero-order valence-corrected chi connectivity index (χ0v) is 23.2. The summed E-state index contributed by atoms with van der Waals surface area (Å²) < 4.78 is 0. The van der Waals surface area contributed by atoms with Crippen LogP contribution >= 0.6 is 0 Å². The quantitative estimate of drug-likeness (QED) is 0.256. The molecule has 1 aliphatic heterocycles. The molecule has 0 spiro atoms. The number of benzene rings is 3. The van der Waals surface area contributed by atoms with E-state index in [1.165, 1.54) is 17.0 Å². The predicted octanol–water partition coefficient (Wildman–Crippen LogP) is 1.68. The van der Waals surface area contributed by atoms with Crippen LogP contribution in [-0.2, 0) is 38.4 Å². The van der Waals surface area contributed by atoms with Crippen molar-refractivity contribution in [3.8, 4) is 5.75 Å². The minimum Gasteiger partial charge on any atom is -0.508 e. The first-order valence-electron chi connectivity index (χ1n) is 13.8. The summed E-state index contributed by atoms with van der Waals surface area (Å²) in [7, 11) is 0. The van der Waals surface area contributed by atoms with E-state index in [-0.39, 0.29) is 36.6 Å². The molecule has 3 aromatic rings. The van der Waals surface area contributed by atoms with E-state index in [4.69, 9.17) is 11.5 Å². The Bertz CT molecular complexity index is 1430. The van der Waals surface area contributed by atoms with Gasteiger partial charge >= 0.3 is 0 Å². The number of amides is 4. The van der Waals surface area contributed by atoms with Crippen LogP contribution in [0.4, 0.5) is 0 Å². The molecule has 3 aromatic carbocycles. The molecule has 4 amide bonds. The lowest BCUT2D eigenvalue weighted by atomic mass is 10.0. The maximum Gasteiger partial charge on any atom is 0.268 e. The highest BCUT2D eigenvalue weighted by Crippen LogP contribution is 2.20. The molecule has 1 fully saturated rings. The number of primary amides is 1. The number of aromatic hydroxyl groups is 1. The van der Waals surface area contributed by atoms with Crippen molar-refractivity contribution in [3.63, 3.8) is 0 Å². The first-order chi connectivity index (χ1) is 20.2. The lowest BCUT2D eigenvalue weighted by molar-refractivity contribution is -0.140. The fourth-order valence-electron chi connectivity index (χ4n) is 4.99. The van der Waals surface area contributed by atoms with Crippen molar-refractivity contribution in [3.05, 3.63) is 102 Å². The van der Waals surface area contributed by atoms with Crippen LogP contribution in [-0.4, -0.2) is 64.0 Å². The van der Waals surface area contributed by atoms with Crippen molar-refractivity contribution >= 4 is 29.3 Å². The van der Waals surface area contributed by atoms with Crippen molar-refractivity contribution in [1.82, 2.24) is 10.2 Å². The molecule has 10 nitrogen and oxygen atoms in total. The highest BCUT2D eigenvalue weighted by molar-refractivity contribution is 6.40. The zero-order chi connectivity index (χ0) is 30.1. The fraction of sp³-hybridized carbons (Fsp3) is 0.281. The number of phenols is 1. The average molecular weight is 570 g/mol. The van der Waals surface area contributed by atoms with Crippen molar-refractivity contribution in [1.29, 1.82) is 0 Å². The highest BCUT2D eigenvalue weighted by atomic mass is 16.3. The van der Waals surface area contributed by atoms with Crippen LogP contribution in [0.3, 0.4) is 0 Å². The van der Waals surface area contributed by atoms with Gasteiger partial charge in [-0.3, -0.25) is 19.2 Å². The summed E-state index contributed by atoms with van der Waals surface area (Å²) in [5.41, 5.74) is 14.0. The summed E-state index contributed by atoms with van der Waals surface area (Å²) in [4.78, 5) is 57.9. The van der Waals surface area contributed by atoms with Crippen molar-refractivity contribution < 1.29 is 24.3 Å². The van der Waals surface area contributed by atoms with E-state index in [1.807, 2.05) is 36.4 Å². The van der Waals surface area contributed by atoms with Crippen molar-refractivity contribution in [2.75, 3.05) is 6.54 Å². The molecule has 218 valence electrons. The zero-order valence-electron chi connectivity index (χ0n) is 23.2. The fourth-order valence-corrected chi connectivity index (χ4v) is 4.99. The molecule has 1 aliphatic rings. The smallest absolute Gasteiger partial charge is 0.268 e. The van der Waals surface area contributed by atoms with E-state index < -0.39 is 35.8 Å². The van der Waals surface area contributed by atoms with Gasteiger partial charge in [0.15, 0.2) is 0 Å². The molecule has 0 radical (unpaired) electrons. The summed E-state index contributed by atoms with van der Waals surface area (Å²) in [5, 5.41) is 12.3. The number of hydrogen-bond donors (Lipinski definition) is 4. The molecule has 0 aliphatic carbocycles. The Morgan fingerprint density at radius 1 is 0.881 bits per heavy atom. The van der Waals surface area contributed by atoms with Gasteiger partial charge in [0.1, 0.15) is 23.5 Å². The lowest BCUT2D eigenvalue weighted by Crippen LogP contribution is -2.54. The minimum absolute atomic E-state index is 0.0672. The van der Waals surface area contributed by atoms with E-state index in [0.29, 0.717) is 19.4 Å². The van der Waals surface area contributed by atoms with E-state index in [0.717, 1.165) is 16.7 Å². The number of phenolic OH excluding ortho intramolecular Hbond substituents is 1. The van der Waals surface area contributed by atoms with Crippen LogP contribution in [0.15, 0.2) is 89.9 Å². The lowest BCUT2D eigenvalue weighted by Gasteiger charge is -2.28. The topological polar surface area (TPSA) is 168 Å². The Balaban J connectivity index is 1.50. The van der Waals surface area contributed by atoms with Crippen LogP contribution in [0.1, 0.15) is 29.5 Å². The van der Waals surface area contributed by atoms with Gasteiger partial charge in [0.2, 0.25) is 11.8 Å². The highest BCUT2D eigenvalue weighted by Gasteiger charge is 2.37. The predicted molar refractivity (Wildman–Crippen MR) is 158 cm³/mol. The van der Waals surface area contributed by atoms with Crippen LogP contribution < -0.4 is 16.8 Å². The number of likely N-dealkylation sites (tertiary alicyclic amines) is 1. The second-order valence-electron chi connectivity index (χ2n) is 10.3. The summed E-state index contributed by atoms with van der Waals surface area (Å²) in [6, 6.07) is 21.8. The summed E-state index contributed by atoms with van der Waals surface area (Å²) in [6.45, 7) is 0.360. The SMILES string of the molecule is NC(=O)C(Cc1ccccc1)=NC(=O)C(Cc1ccccc1)NC(=O)C1CCCN1C(=O)C(N)Cc1ccc(O)cc1. The monoisotopic (exact) mass is 569 g/mol. The number of carbonyl (C=O) groups is 4. The largest absolute Gasteiger partial charge is 0.508 e. The molecule has 4 rings (SSSR count). The van der Waals surface area contributed by atoms with Gasteiger partial charge < -0.3 is 26.8 Å². The standard InChI is InChI=1S/C32H35N5O5/c33-25(18-23-13-15-24(38)16-14-23)32(42)37-17-7-12-28(37)31(41)36-27(20-22-10-5-2-6-11-22)30(40)35-26(29(34)39)19-21-8-3-1-4-9-21/h1-6,8-11,13-16,25,27-28,38H,7,12,17-20,33H2,(H2,34,39)(H,36,41). The number of nitrogens with one attached hydrogen (secondary N) is 1. The molecule has 1 saturated heterocycles. The Morgan fingerprint density at radius 3 is 2.10 bits per heavy atom. The van der Waals surface area contributed by atoms with Crippen LogP contribution in [0.25, 0.3) is 0 Å². The third-order valence-electron chi connectivity index (χ3n) is 7.19. The first-order valence-corrected chi connectivity index (χ1v) is 13.8. The summed E-state index contributed by atoms with van der Waals surface area (Å²) in [5.74, 6) is -2.29. The van der Waals surface area contributed by atoms with Gasteiger partial charge in [-0.2, -0.15) is 0 Å². The molecule has 6 N–H and O–H groups in total. The van der Waals surface area contributed by atoms with E-state index in [9.17, 15) is 24.3 Å². The molecule has 1 heterocycles. The number of aliphatic imine (C=N–C) groups is 1.